The maximum atomic E-state index is 5.16. The molecule has 13 rings (SSSR count). The van der Waals surface area contributed by atoms with E-state index in [2.05, 4.69) is 211 Å². The highest BCUT2D eigenvalue weighted by molar-refractivity contribution is 7.26. The molecule has 13 aromatic rings. The number of aromatic nitrogens is 4. The minimum atomic E-state index is 0.651. The van der Waals surface area contributed by atoms with E-state index < -0.39 is 0 Å². The lowest BCUT2D eigenvalue weighted by Gasteiger charge is -2.14. The van der Waals surface area contributed by atoms with E-state index in [-0.39, 0.29) is 0 Å². The van der Waals surface area contributed by atoms with Gasteiger partial charge in [0.2, 0.25) is 0 Å². The molecule has 0 aliphatic rings. The van der Waals surface area contributed by atoms with Gasteiger partial charge in [-0.1, -0.05) is 182 Å². The van der Waals surface area contributed by atoms with Gasteiger partial charge >= 0.3 is 0 Å². The van der Waals surface area contributed by atoms with E-state index in [0.29, 0.717) is 17.5 Å². The largest absolute Gasteiger partial charge is 0.309 e. The first-order valence-corrected chi connectivity index (χ1v) is 23.7. The van der Waals surface area contributed by atoms with Crippen molar-refractivity contribution in [3.8, 4) is 84.4 Å². The number of fused-ring (bicyclic) bond motifs is 6. The van der Waals surface area contributed by atoms with Crippen LogP contribution in [-0.4, -0.2) is 19.5 Å². The van der Waals surface area contributed by atoms with Gasteiger partial charge in [-0.2, -0.15) is 0 Å². The molecule has 4 nitrogen and oxygen atoms in total. The highest BCUT2D eigenvalue weighted by Gasteiger charge is 2.20. The Balaban J connectivity index is 0.983. The molecule has 318 valence electrons. The van der Waals surface area contributed by atoms with Gasteiger partial charge in [0.1, 0.15) is 0 Å². The normalized spacial score (nSPS) is 11.5. The van der Waals surface area contributed by atoms with Crippen LogP contribution in [0.4, 0.5) is 0 Å². The number of thiophene rings is 1. The molecule has 0 saturated carbocycles. The molecule has 0 unspecified atom stereocenters. The number of para-hydroxylation sites is 1. The summed E-state index contributed by atoms with van der Waals surface area (Å²) in [4.78, 5) is 15.3. The average molecular weight is 885 g/mol. The predicted molar refractivity (Wildman–Crippen MR) is 285 cm³/mol. The fraction of sp³-hybridized carbons (Fsp3) is 0. The summed E-state index contributed by atoms with van der Waals surface area (Å²) in [5.41, 5.74) is 15.8. The molecular formula is C63H40N4S. The van der Waals surface area contributed by atoms with E-state index in [4.69, 9.17) is 15.0 Å². The van der Waals surface area contributed by atoms with Gasteiger partial charge in [-0.3, -0.25) is 0 Å². The second-order valence-electron chi connectivity index (χ2n) is 17.2. The molecule has 0 radical (unpaired) electrons. The Kier molecular flexibility index (Phi) is 9.66. The zero-order chi connectivity index (χ0) is 45.0. The molecule has 0 atom stereocenters. The summed E-state index contributed by atoms with van der Waals surface area (Å²) in [5.74, 6) is 1.96. The van der Waals surface area contributed by atoms with Crippen LogP contribution in [0, 0.1) is 0 Å². The lowest BCUT2D eigenvalue weighted by atomic mass is 9.90. The predicted octanol–water partition coefficient (Wildman–Crippen LogP) is 17.0. The Hall–Kier alpha value is -8.77. The first-order chi connectivity index (χ1) is 33.7. The molecular weight excluding hydrogens is 845 g/mol. The van der Waals surface area contributed by atoms with Crippen LogP contribution >= 0.6 is 11.3 Å². The number of hydrogen-bond donors (Lipinski definition) is 0. The zero-order valence-corrected chi connectivity index (χ0v) is 37.6. The molecule has 10 aromatic carbocycles. The zero-order valence-electron chi connectivity index (χ0n) is 36.8. The van der Waals surface area contributed by atoms with E-state index in [0.717, 1.165) is 44.4 Å². The van der Waals surface area contributed by atoms with Gasteiger partial charge < -0.3 is 4.57 Å². The molecule has 0 N–H and O–H groups in total. The van der Waals surface area contributed by atoms with Gasteiger partial charge in [-0.15, -0.1) is 11.3 Å². The summed E-state index contributed by atoms with van der Waals surface area (Å²) in [5, 5.41) is 4.74. The lowest BCUT2D eigenvalue weighted by molar-refractivity contribution is 1.08. The number of rotatable bonds is 8. The van der Waals surface area contributed by atoms with Crippen molar-refractivity contribution >= 4 is 53.3 Å². The van der Waals surface area contributed by atoms with Gasteiger partial charge in [-0.05, 0) is 105 Å². The molecule has 68 heavy (non-hydrogen) atoms. The Labute approximate surface area is 397 Å². The van der Waals surface area contributed by atoms with Crippen LogP contribution in [0.25, 0.3) is 126 Å². The third kappa shape index (κ3) is 6.96. The van der Waals surface area contributed by atoms with Crippen molar-refractivity contribution in [1.82, 2.24) is 19.5 Å². The fourth-order valence-corrected chi connectivity index (χ4v) is 10.9. The summed E-state index contributed by atoms with van der Waals surface area (Å²) in [6, 6.07) is 86.7. The van der Waals surface area contributed by atoms with Crippen LogP contribution in [0.15, 0.2) is 243 Å². The first-order valence-electron chi connectivity index (χ1n) is 22.9. The van der Waals surface area contributed by atoms with E-state index in [9.17, 15) is 0 Å². The van der Waals surface area contributed by atoms with Crippen LogP contribution < -0.4 is 0 Å². The second kappa shape index (κ2) is 16.6. The second-order valence-corrected chi connectivity index (χ2v) is 18.2. The van der Waals surface area contributed by atoms with Crippen molar-refractivity contribution in [2.24, 2.45) is 0 Å². The standard InChI is InChI=1S/C63H40N4S/c1-6-17-41(18-7-1)45-29-33-50(52(37-45)42-19-8-2-9-20-42)48-31-35-57-54(40-48)53-38-46(30-34-56(53)67(57)49-25-14-5-15-26-49)47-32-36-58-55(39-47)60-51(27-16-28-59(60)68-58)63-65-61(43-21-10-3-11-22-43)64-62(66-63)44-23-12-4-13-24-44/h1-40H. The van der Waals surface area contributed by atoms with Crippen LogP contribution in [0.5, 0.6) is 0 Å². The van der Waals surface area contributed by atoms with E-state index >= 15 is 0 Å². The van der Waals surface area contributed by atoms with Crippen molar-refractivity contribution in [3.05, 3.63) is 243 Å². The molecule has 0 bridgehead atoms. The van der Waals surface area contributed by atoms with Crippen LogP contribution in [-0.2, 0) is 0 Å². The molecule has 5 heteroatoms. The lowest BCUT2D eigenvalue weighted by Crippen LogP contribution is -2.00. The molecule has 3 aromatic heterocycles. The highest BCUT2D eigenvalue weighted by atomic mass is 32.1. The summed E-state index contributed by atoms with van der Waals surface area (Å²) >= 11 is 1.80. The number of hydrogen-bond acceptors (Lipinski definition) is 4. The van der Waals surface area contributed by atoms with E-state index in [1.165, 1.54) is 64.5 Å². The van der Waals surface area contributed by atoms with Crippen molar-refractivity contribution in [2.45, 2.75) is 0 Å². The SMILES string of the molecule is c1ccc(-c2ccc(-c3ccc4c(c3)c3cc(-c5ccc6sc7cccc(-c8nc(-c9ccccc9)nc(-c9ccccc9)n8)c7c6c5)ccc3n4-c3ccccc3)c(-c3ccccc3)c2)cc1. The number of benzene rings is 10. The minimum Gasteiger partial charge on any atom is -0.309 e. The Morgan fingerprint density at radius 3 is 1.40 bits per heavy atom. The highest BCUT2D eigenvalue weighted by Crippen LogP contribution is 2.44. The quantitative estimate of drug-likeness (QED) is 0.153. The first kappa shape index (κ1) is 39.6. The van der Waals surface area contributed by atoms with Crippen LogP contribution in [0.2, 0.25) is 0 Å². The topological polar surface area (TPSA) is 43.6 Å². The van der Waals surface area contributed by atoms with Crippen molar-refractivity contribution in [1.29, 1.82) is 0 Å². The van der Waals surface area contributed by atoms with Gasteiger partial charge in [0.25, 0.3) is 0 Å². The molecule has 0 aliphatic carbocycles. The average Bonchev–Trinajstić information content (AvgIpc) is 3.96. The van der Waals surface area contributed by atoms with Crippen molar-refractivity contribution < 1.29 is 0 Å². The fourth-order valence-electron chi connectivity index (χ4n) is 9.81. The smallest absolute Gasteiger partial charge is 0.164 e. The van der Waals surface area contributed by atoms with Crippen molar-refractivity contribution in [2.75, 3.05) is 0 Å². The third-order valence-electron chi connectivity index (χ3n) is 13.1. The Morgan fingerprint density at radius 2 is 0.765 bits per heavy atom. The maximum absolute atomic E-state index is 5.16. The van der Waals surface area contributed by atoms with Gasteiger partial charge in [0, 0.05) is 53.3 Å². The molecule has 0 spiro atoms. The molecule has 0 fully saturated rings. The van der Waals surface area contributed by atoms with E-state index in [1.54, 1.807) is 11.3 Å². The molecule has 3 heterocycles. The van der Waals surface area contributed by atoms with E-state index in [1.807, 2.05) is 36.4 Å². The Bertz CT molecular complexity index is 3940. The maximum Gasteiger partial charge on any atom is 0.164 e. The van der Waals surface area contributed by atoms with Crippen LogP contribution in [0.3, 0.4) is 0 Å². The summed E-state index contributed by atoms with van der Waals surface area (Å²) in [6.45, 7) is 0. The van der Waals surface area contributed by atoms with Crippen molar-refractivity contribution in [3.63, 3.8) is 0 Å². The third-order valence-corrected chi connectivity index (χ3v) is 14.2. The minimum absolute atomic E-state index is 0.651. The molecule has 0 saturated heterocycles. The summed E-state index contributed by atoms with van der Waals surface area (Å²) in [7, 11) is 0. The molecule has 0 amide bonds. The number of nitrogens with zero attached hydrogens (tertiary/aromatic N) is 4. The van der Waals surface area contributed by atoms with Gasteiger partial charge in [-0.25, -0.2) is 15.0 Å². The van der Waals surface area contributed by atoms with Crippen LogP contribution in [0.1, 0.15) is 0 Å². The molecule has 0 aliphatic heterocycles. The monoisotopic (exact) mass is 884 g/mol. The summed E-state index contributed by atoms with van der Waals surface area (Å²) in [6.07, 6.45) is 0. The van der Waals surface area contributed by atoms with Gasteiger partial charge in [0.15, 0.2) is 17.5 Å². The Morgan fingerprint density at radius 1 is 0.279 bits per heavy atom. The summed E-state index contributed by atoms with van der Waals surface area (Å²) < 4.78 is 4.81. The van der Waals surface area contributed by atoms with Gasteiger partial charge in [0.05, 0.1) is 11.0 Å².